The number of hydrogen-bond acceptors (Lipinski definition) is 4. The molecule has 140 valence electrons. The summed E-state index contributed by atoms with van der Waals surface area (Å²) < 4.78 is 59.3. The number of hydrogen-bond donors (Lipinski definition) is 2. The summed E-state index contributed by atoms with van der Waals surface area (Å²) >= 11 is 0. The van der Waals surface area contributed by atoms with E-state index in [-0.39, 0.29) is 17.8 Å². The molecule has 27 heavy (non-hydrogen) atoms. The second-order valence-corrected chi connectivity index (χ2v) is 7.14. The maximum absolute atomic E-state index is 13.8. The predicted molar refractivity (Wildman–Crippen MR) is 93.5 cm³/mol. The summed E-state index contributed by atoms with van der Waals surface area (Å²) in [7, 11) is -4.44. The van der Waals surface area contributed by atoms with Crippen LogP contribution < -0.4 is 10.0 Å². The molecule has 0 saturated heterocycles. The van der Waals surface area contributed by atoms with Crippen LogP contribution in [0.25, 0.3) is 0 Å². The van der Waals surface area contributed by atoms with Gasteiger partial charge in [0, 0.05) is 0 Å². The third-order valence-corrected chi connectivity index (χ3v) is 4.98. The SMILES string of the molecule is O=C(NCc1ccco1)c1ccccc1NS(=O)(=O)c1cc(F)ccc1F. The van der Waals surface area contributed by atoms with Gasteiger partial charge in [0.25, 0.3) is 15.9 Å². The molecule has 0 saturated carbocycles. The molecule has 0 bridgehead atoms. The minimum absolute atomic E-state index is 0.0180. The van der Waals surface area contributed by atoms with Gasteiger partial charge < -0.3 is 9.73 Å². The van der Waals surface area contributed by atoms with Crippen molar-refractivity contribution in [3.05, 3.63) is 83.8 Å². The average molecular weight is 392 g/mol. The van der Waals surface area contributed by atoms with E-state index in [0.717, 1.165) is 6.07 Å². The molecule has 9 heteroatoms. The Morgan fingerprint density at radius 2 is 1.81 bits per heavy atom. The zero-order valence-corrected chi connectivity index (χ0v) is 14.6. The Bertz CT molecular complexity index is 1070. The second-order valence-electron chi connectivity index (χ2n) is 5.49. The van der Waals surface area contributed by atoms with Crippen LogP contribution in [0.3, 0.4) is 0 Å². The molecular weight excluding hydrogens is 378 g/mol. The van der Waals surface area contributed by atoms with Gasteiger partial charge in [-0.2, -0.15) is 0 Å². The Balaban J connectivity index is 1.85. The van der Waals surface area contributed by atoms with E-state index < -0.39 is 32.5 Å². The van der Waals surface area contributed by atoms with Gasteiger partial charge in [0.05, 0.1) is 24.1 Å². The first-order chi connectivity index (χ1) is 12.9. The van der Waals surface area contributed by atoms with Crippen molar-refractivity contribution < 1.29 is 26.4 Å². The van der Waals surface area contributed by atoms with Crippen molar-refractivity contribution in [1.82, 2.24) is 5.32 Å². The van der Waals surface area contributed by atoms with Crippen molar-refractivity contribution in [3.8, 4) is 0 Å². The predicted octanol–water partition coefficient (Wildman–Crippen LogP) is 3.29. The third kappa shape index (κ3) is 4.32. The summed E-state index contributed by atoms with van der Waals surface area (Å²) in [4.78, 5) is 11.5. The van der Waals surface area contributed by atoms with E-state index in [1.165, 1.54) is 24.5 Å². The summed E-state index contributed by atoms with van der Waals surface area (Å²) in [6.07, 6.45) is 1.46. The van der Waals surface area contributed by atoms with Crippen molar-refractivity contribution in [1.29, 1.82) is 0 Å². The molecule has 3 rings (SSSR count). The van der Waals surface area contributed by atoms with Crippen LogP contribution in [0.4, 0.5) is 14.5 Å². The third-order valence-electron chi connectivity index (χ3n) is 3.60. The first-order valence-electron chi connectivity index (χ1n) is 7.74. The molecular formula is C18H14F2N2O4S. The number of sulfonamides is 1. The summed E-state index contributed by atoms with van der Waals surface area (Å²) in [5, 5.41) is 2.59. The Labute approximate surface area is 153 Å². The quantitative estimate of drug-likeness (QED) is 0.674. The fraction of sp³-hybridized carbons (Fsp3) is 0.0556. The molecule has 3 aromatic rings. The fourth-order valence-electron chi connectivity index (χ4n) is 2.33. The minimum atomic E-state index is -4.44. The molecule has 2 aromatic carbocycles. The molecule has 0 aliphatic heterocycles. The van der Waals surface area contributed by atoms with E-state index in [1.807, 2.05) is 0 Å². The molecule has 0 spiro atoms. The Hall–Kier alpha value is -3.20. The fourth-order valence-corrected chi connectivity index (χ4v) is 3.50. The van der Waals surface area contributed by atoms with E-state index >= 15 is 0 Å². The molecule has 0 unspecified atom stereocenters. The van der Waals surface area contributed by atoms with Crippen LogP contribution in [0.1, 0.15) is 16.1 Å². The van der Waals surface area contributed by atoms with Gasteiger partial charge >= 0.3 is 0 Å². The van der Waals surface area contributed by atoms with Crippen molar-refractivity contribution in [2.75, 3.05) is 4.72 Å². The normalized spacial score (nSPS) is 11.2. The molecule has 0 radical (unpaired) electrons. The van der Waals surface area contributed by atoms with Gasteiger partial charge in [-0.05, 0) is 42.5 Å². The smallest absolute Gasteiger partial charge is 0.264 e. The van der Waals surface area contributed by atoms with E-state index in [0.29, 0.717) is 17.9 Å². The van der Waals surface area contributed by atoms with Crippen molar-refractivity contribution in [2.45, 2.75) is 11.4 Å². The summed E-state index contributed by atoms with van der Waals surface area (Å²) in [5.74, 6) is -2.06. The van der Waals surface area contributed by atoms with Crippen molar-refractivity contribution >= 4 is 21.6 Å². The number of furan rings is 1. The number of nitrogens with one attached hydrogen (secondary N) is 2. The molecule has 2 N–H and O–H groups in total. The number of carbonyl (C=O) groups excluding carboxylic acids is 1. The van der Waals surface area contributed by atoms with Gasteiger partial charge in [-0.15, -0.1) is 0 Å². The van der Waals surface area contributed by atoms with Gasteiger partial charge in [0.15, 0.2) is 0 Å². The first-order valence-corrected chi connectivity index (χ1v) is 9.22. The lowest BCUT2D eigenvalue weighted by molar-refractivity contribution is 0.0949. The van der Waals surface area contributed by atoms with E-state index in [9.17, 15) is 22.0 Å². The average Bonchev–Trinajstić information content (AvgIpc) is 3.15. The lowest BCUT2D eigenvalue weighted by Gasteiger charge is -2.13. The van der Waals surface area contributed by atoms with Gasteiger partial charge in [0.1, 0.15) is 22.3 Å². The number of halogens is 2. The monoisotopic (exact) mass is 392 g/mol. The maximum atomic E-state index is 13.8. The van der Waals surface area contributed by atoms with Crippen molar-refractivity contribution in [3.63, 3.8) is 0 Å². The molecule has 1 amide bonds. The lowest BCUT2D eigenvalue weighted by atomic mass is 10.1. The minimum Gasteiger partial charge on any atom is -0.467 e. The molecule has 0 aliphatic carbocycles. The summed E-state index contributed by atoms with van der Waals surface area (Å²) in [5.41, 5.74) is -0.0532. The molecule has 6 nitrogen and oxygen atoms in total. The largest absolute Gasteiger partial charge is 0.467 e. The van der Waals surface area contributed by atoms with Crippen LogP contribution in [0.15, 0.2) is 70.2 Å². The molecule has 0 aliphatic rings. The van der Waals surface area contributed by atoms with Gasteiger partial charge in [-0.1, -0.05) is 12.1 Å². The highest BCUT2D eigenvalue weighted by Gasteiger charge is 2.22. The van der Waals surface area contributed by atoms with E-state index in [2.05, 4.69) is 10.0 Å². The first kappa shape index (κ1) is 18.6. The topological polar surface area (TPSA) is 88.4 Å². The zero-order chi connectivity index (χ0) is 19.4. The van der Waals surface area contributed by atoms with Crippen LogP contribution in [-0.4, -0.2) is 14.3 Å². The van der Waals surface area contributed by atoms with Crippen LogP contribution in [0, 0.1) is 11.6 Å². The number of carbonyl (C=O) groups is 1. The van der Waals surface area contributed by atoms with E-state index in [4.69, 9.17) is 4.42 Å². The molecule has 0 fully saturated rings. The Morgan fingerprint density at radius 1 is 1.04 bits per heavy atom. The highest BCUT2D eigenvalue weighted by Crippen LogP contribution is 2.22. The number of rotatable bonds is 6. The Morgan fingerprint density at radius 3 is 2.56 bits per heavy atom. The van der Waals surface area contributed by atoms with Crippen molar-refractivity contribution in [2.24, 2.45) is 0 Å². The molecule has 0 atom stereocenters. The number of amides is 1. The van der Waals surface area contributed by atoms with Crippen LogP contribution >= 0.6 is 0 Å². The zero-order valence-electron chi connectivity index (χ0n) is 13.8. The lowest BCUT2D eigenvalue weighted by Crippen LogP contribution is -2.25. The van der Waals surface area contributed by atoms with Crippen LogP contribution in [0.5, 0.6) is 0 Å². The second kappa shape index (κ2) is 7.58. The number of anilines is 1. The summed E-state index contributed by atoms with van der Waals surface area (Å²) in [6.45, 7) is 0.103. The van der Waals surface area contributed by atoms with Crippen LogP contribution in [-0.2, 0) is 16.6 Å². The molecule has 1 aromatic heterocycles. The maximum Gasteiger partial charge on any atom is 0.264 e. The van der Waals surface area contributed by atoms with E-state index in [1.54, 1.807) is 18.2 Å². The Kier molecular flexibility index (Phi) is 5.22. The van der Waals surface area contributed by atoms with Gasteiger partial charge in [-0.25, -0.2) is 17.2 Å². The number of para-hydroxylation sites is 1. The highest BCUT2D eigenvalue weighted by molar-refractivity contribution is 7.92. The molecule has 1 heterocycles. The van der Waals surface area contributed by atoms with Gasteiger partial charge in [-0.3, -0.25) is 9.52 Å². The van der Waals surface area contributed by atoms with Gasteiger partial charge in [0.2, 0.25) is 0 Å². The van der Waals surface area contributed by atoms with Crippen LogP contribution in [0.2, 0.25) is 0 Å². The summed E-state index contributed by atoms with van der Waals surface area (Å²) in [6, 6.07) is 11.2. The standard InChI is InChI=1S/C18H14F2N2O4S/c19-12-7-8-15(20)17(10-12)27(24,25)22-16-6-2-1-5-14(16)18(23)21-11-13-4-3-9-26-13/h1-10,22H,11H2,(H,21,23). The highest BCUT2D eigenvalue weighted by atomic mass is 32.2. The number of benzene rings is 2.